The van der Waals surface area contributed by atoms with E-state index in [1.807, 2.05) is 11.8 Å². The van der Waals surface area contributed by atoms with Gasteiger partial charge in [-0.1, -0.05) is 6.42 Å². The van der Waals surface area contributed by atoms with E-state index in [0.717, 1.165) is 18.6 Å². The molecule has 0 bridgehead atoms. The fourth-order valence-corrected chi connectivity index (χ4v) is 4.92. The van der Waals surface area contributed by atoms with Crippen molar-refractivity contribution in [2.24, 2.45) is 0 Å². The van der Waals surface area contributed by atoms with E-state index in [0.29, 0.717) is 30.1 Å². The number of hydrogen-bond donors (Lipinski definition) is 3. The Labute approximate surface area is 159 Å². The second-order valence-corrected chi connectivity index (χ2v) is 7.84. The van der Waals surface area contributed by atoms with Crippen LogP contribution in [0.15, 0.2) is 18.2 Å². The Morgan fingerprint density at radius 1 is 1.37 bits per heavy atom. The number of fused-ring (bicyclic) bond motifs is 1. The van der Waals surface area contributed by atoms with Gasteiger partial charge in [0.25, 0.3) is 5.69 Å². The van der Waals surface area contributed by atoms with E-state index in [9.17, 15) is 24.5 Å². The number of thioether (sulfide) groups is 1. The first kappa shape index (κ1) is 19.2. The Hall–Kier alpha value is -2.62. The molecule has 3 amide bonds. The summed E-state index contributed by atoms with van der Waals surface area (Å²) in [5.41, 5.74) is -0.0621. The van der Waals surface area contributed by atoms with Gasteiger partial charge in [-0.15, -0.1) is 0 Å². The molecule has 3 atom stereocenters. The van der Waals surface area contributed by atoms with Crippen molar-refractivity contribution in [3.63, 3.8) is 0 Å². The average molecular weight is 392 g/mol. The maximum absolute atomic E-state index is 12.0. The minimum Gasteiger partial charge on any atom is -0.332 e. The predicted octanol–water partition coefficient (Wildman–Crippen LogP) is 2.07. The van der Waals surface area contributed by atoms with E-state index in [2.05, 4.69) is 16.0 Å². The van der Waals surface area contributed by atoms with Crippen LogP contribution >= 0.6 is 11.8 Å². The number of nitro benzene ring substituents is 1. The van der Waals surface area contributed by atoms with Crippen molar-refractivity contribution in [1.82, 2.24) is 10.6 Å². The van der Waals surface area contributed by atoms with Crippen molar-refractivity contribution in [2.45, 2.75) is 43.0 Å². The molecule has 0 radical (unpaired) electrons. The molecule has 0 aromatic heterocycles. The molecule has 2 aliphatic rings. The number of urea groups is 1. The van der Waals surface area contributed by atoms with Crippen LogP contribution in [0.25, 0.3) is 0 Å². The van der Waals surface area contributed by atoms with E-state index >= 15 is 0 Å². The van der Waals surface area contributed by atoms with Gasteiger partial charge in [0.05, 0.1) is 22.6 Å². The third-order valence-corrected chi connectivity index (χ3v) is 6.23. The Kier molecular flexibility index (Phi) is 5.94. The maximum Gasteiger partial charge on any atom is 0.315 e. The summed E-state index contributed by atoms with van der Waals surface area (Å²) in [4.78, 5) is 44.5. The highest BCUT2D eigenvalue weighted by Crippen LogP contribution is 2.33. The first-order valence-corrected chi connectivity index (χ1v) is 9.75. The fraction of sp³-hybridized carbons (Fsp3) is 0.471. The number of rotatable bonds is 8. The normalized spacial score (nSPS) is 23.3. The largest absolute Gasteiger partial charge is 0.332 e. The summed E-state index contributed by atoms with van der Waals surface area (Å²) in [7, 11) is 0. The van der Waals surface area contributed by atoms with Gasteiger partial charge in [-0.2, -0.15) is 11.8 Å². The summed E-state index contributed by atoms with van der Waals surface area (Å²) >= 11 is 1.84. The van der Waals surface area contributed by atoms with Crippen LogP contribution in [-0.2, 0) is 4.79 Å². The van der Waals surface area contributed by atoms with Gasteiger partial charge in [-0.25, -0.2) is 4.79 Å². The Morgan fingerprint density at radius 3 is 2.93 bits per heavy atom. The Morgan fingerprint density at radius 2 is 2.19 bits per heavy atom. The van der Waals surface area contributed by atoms with Crippen LogP contribution in [0.2, 0.25) is 0 Å². The van der Waals surface area contributed by atoms with Crippen LogP contribution in [0.3, 0.4) is 0 Å². The zero-order valence-electron chi connectivity index (χ0n) is 14.5. The number of nitrogens with zero attached hydrogens (tertiary/aromatic N) is 1. The lowest BCUT2D eigenvalue weighted by atomic mass is 10.0. The number of unbranched alkanes of at least 4 members (excludes halogenated alkanes) is 1. The summed E-state index contributed by atoms with van der Waals surface area (Å²) in [5.74, 6) is 0.681. The Balaban J connectivity index is 1.42. The highest BCUT2D eigenvalue weighted by atomic mass is 32.2. The van der Waals surface area contributed by atoms with Gasteiger partial charge in [0, 0.05) is 29.2 Å². The molecule has 0 unspecified atom stereocenters. The lowest BCUT2D eigenvalue weighted by molar-refractivity contribution is -0.385. The second kappa shape index (κ2) is 8.38. The monoisotopic (exact) mass is 392 g/mol. The Bertz CT molecular complexity index is 772. The smallest absolute Gasteiger partial charge is 0.315 e. The number of nitrogens with one attached hydrogen (secondary N) is 3. The van der Waals surface area contributed by atoms with Crippen molar-refractivity contribution in [1.29, 1.82) is 0 Å². The van der Waals surface area contributed by atoms with Crippen LogP contribution in [0, 0.1) is 10.1 Å². The minimum absolute atomic E-state index is 0.0288. The molecule has 3 N–H and O–H groups in total. The zero-order chi connectivity index (χ0) is 19.4. The molecule has 1 aromatic carbocycles. The first-order chi connectivity index (χ1) is 13.0. The molecule has 2 aliphatic heterocycles. The van der Waals surface area contributed by atoms with Gasteiger partial charge in [0.2, 0.25) is 5.91 Å². The third-order valence-electron chi connectivity index (χ3n) is 4.72. The van der Waals surface area contributed by atoms with Crippen molar-refractivity contribution >= 4 is 41.4 Å². The minimum atomic E-state index is -0.650. The van der Waals surface area contributed by atoms with Gasteiger partial charge in [-0.3, -0.25) is 19.7 Å². The van der Waals surface area contributed by atoms with Crippen LogP contribution in [-0.4, -0.2) is 46.2 Å². The van der Waals surface area contributed by atoms with Gasteiger partial charge < -0.3 is 16.0 Å². The highest BCUT2D eigenvalue weighted by Gasteiger charge is 2.42. The van der Waals surface area contributed by atoms with E-state index in [4.69, 9.17) is 0 Å². The lowest BCUT2D eigenvalue weighted by Gasteiger charge is -2.16. The summed E-state index contributed by atoms with van der Waals surface area (Å²) in [6, 6.07) is 4.23. The highest BCUT2D eigenvalue weighted by molar-refractivity contribution is 8.00. The molecule has 9 nitrogen and oxygen atoms in total. The molecule has 10 heteroatoms. The van der Waals surface area contributed by atoms with E-state index in [1.54, 1.807) is 0 Å². The number of nitro groups is 1. The van der Waals surface area contributed by atoms with Crippen molar-refractivity contribution in [2.75, 3.05) is 11.1 Å². The number of anilines is 1. The maximum atomic E-state index is 12.0. The molecule has 2 saturated heterocycles. The van der Waals surface area contributed by atoms with Gasteiger partial charge in [0.1, 0.15) is 0 Å². The van der Waals surface area contributed by atoms with Crippen molar-refractivity contribution in [3.05, 3.63) is 33.9 Å². The molecule has 2 fully saturated rings. The molecule has 0 saturated carbocycles. The topological polar surface area (TPSA) is 130 Å². The molecular weight excluding hydrogens is 372 g/mol. The molecule has 1 aromatic rings. The summed E-state index contributed by atoms with van der Waals surface area (Å²) in [5, 5.41) is 19.8. The standard InChI is InChI=1S/C17H20N4O5S/c22-8-10-5-6-11(7-13(10)21(25)26)18-15(23)4-2-1-3-14-16-12(9-27-14)19-17(24)20-16/h5-8,12,14,16H,1-4,9H2,(H,18,23)(H2,19,20,24)/t12-,14-,16-/m0/s1. The number of hydrogen-bond acceptors (Lipinski definition) is 6. The summed E-state index contributed by atoms with van der Waals surface area (Å²) in [6.07, 6.45) is 3.18. The van der Waals surface area contributed by atoms with Gasteiger partial charge in [0.15, 0.2) is 6.29 Å². The van der Waals surface area contributed by atoms with Crippen molar-refractivity contribution in [3.8, 4) is 0 Å². The van der Waals surface area contributed by atoms with E-state index in [-0.39, 0.29) is 35.3 Å². The molecule has 0 aliphatic carbocycles. The predicted molar refractivity (Wildman–Crippen MR) is 101 cm³/mol. The van der Waals surface area contributed by atoms with Gasteiger partial charge in [-0.05, 0) is 25.0 Å². The lowest BCUT2D eigenvalue weighted by Crippen LogP contribution is -2.36. The van der Waals surface area contributed by atoms with Crippen LogP contribution in [0.5, 0.6) is 0 Å². The number of amides is 3. The molecule has 2 heterocycles. The average Bonchev–Trinajstić information content (AvgIpc) is 3.18. The van der Waals surface area contributed by atoms with Gasteiger partial charge >= 0.3 is 6.03 Å². The number of carbonyl (C=O) groups excluding carboxylic acids is 3. The third kappa shape index (κ3) is 4.57. The number of benzene rings is 1. The number of carbonyl (C=O) groups is 3. The summed E-state index contributed by atoms with van der Waals surface area (Å²) in [6.45, 7) is 0. The second-order valence-electron chi connectivity index (χ2n) is 6.56. The van der Waals surface area contributed by atoms with Crippen LogP contribution in [0.4, 0.5) is 16.2 Å². The van der Waals surface area contributed by atoms with E-state index in [1.165, 1.54) is 18.2 Å². The molecule has 0 spiro atoms. The van der Waals surface area contributed by atoms with E-state index < -0.39 is 4.92 Å². The molecule has 27 heavy (non-hydrogen) atoms. The molecule has 3 rings (SSSR count). The quantitative estimate of drug-likeness (QED) is 0.204. The summed E-state index contributed by atoms with van der Waals surface area (Å²) < 4.78 is 0. The SMILES string of the molecule is O=Cc1ccc(NC(=O)CCCC[C@@H]2SC[C@@H]3NC(=O)N[C@@H]32)cc1[N+](=O)[O-]. The zero-order valence-corrected chi connectivity index (χ0v) is 15.3. The fourth-order valence-electron chi connectivity index (χ4n) is 3.38. The van der Waals surface area contributed by atoms with Crippen LogP contribution in [0.1, 0.15) is 36.0 Å². The molecule has 144 valence electrons. The molecular formula is C17H20N4O5S. The van der Waals surface area contributed by atoms with Crippen molar-refractivity contribution < 1.29 is 19.3 Å². The number of aldehydes is 1. The van der Waals surface area contributed by atoms with Crippen LogP contribution < -0.4 is 16.0 Å². The first-order valence-electron chi connectivity index (χ1n) is 8.70.